The fourth-order valence-electron chi connectivity index (χ4n) is 3.74. The minimum atomic E-state index is -0.746. The third-order valence-corrected chi connectivity index (χ3v) is 6.69. The van der Waals surface area contributed by atoms with Crippen molar-refractivity contribution in [2.45, 2.75) is 88.9 Å². The van der Waals surface area contributed by atoms with E-state index in [9.17, 15) is 14.4 Å². The van der Waals surface area contributed by atoms with Crippen LogP contribution in [0.25, 0.3) is 0 Å². The van der Waals surface area contributed by atoms with Crippen molar-refractivity contribution in [1.82, 2.24) is 24.8 Å². The van der Waals surface area contributed by atoms with Gasteiger partial charge in [0.15, 0.2) is 0 Å². The zero-order chi connectivity index (χ0) is 23.1. The van der Waals surface area contributed by atoms with Crippen LogP contribution in [0.2, 0.25) is 0 Å². The molecule has 3 rings (SSSR count). The Labute approximate surface area is 186 Å². The molecule has 2 fully saturated rings. The van der Waals surface area contributed by atoms with Crippen LogP contribution in [0, 0.1) is 0 Å². The van der Waals surface area contributed by atoms with Crippen LogP contribution in [0.3, 0.4) is 0 Å². The smallest absolute Gasteiger partial charge is 0.410 e. The van der Waals surface area contributed by atoms with Crippen molar-refractivity contribution in [3.05, 3.63) is 11.9 Å². The monoisotopic (exact) mass is 453 g/mol. The lowest BCUT2D eigenvalue weighted by Crippen LogP contribution is -2.71. The Morgan fingerprint density at radius 2 is 2.00 bits per heavy atom. The normalized spacial score (nSPS) is 24.4. The van der Waals surface area contributed by atoms with E-state index in [-0.39, 0.29) is 17.9 Å². The summed E-state index contributed by atoms with van der Waals surface area (Å²) < 4.78 is 12.0. The molecule has 0 aromatic carbocycles. The first-order chi connectivity index (χ1) is 14.4. The maximum Gasteiger partial charge on any atom is 0.410 e. The molecule has 0 N–H and O–H groups in total. The number of amides is 2. The zero-order valence-corrected chi connectivity index (χ0v) is 19.9. The molecule has 0 bridgehead atoms. The van der Waals surface area contributed by atoms with Gasteiger partial charge in [0.25, 0.3) is 0 Å². The second kappa shape index (κ2) is 8.33. The van der Waals surface area contributed by atoms with E-state index in [1.54, 1.807) is 38.7 Å². The van der Waals surface area contributed by atoms with Crippen LogP contribution in [-0.4, -0.2) is 77.6 Å². The molecule has 2 amide bonds. The Kier molecular flexibility index (Phi) is 6.28. The first-order valence-corrected chi connectivity index (χ1v) is 11.2. The highest BCUT2D eigenvalue weighted by Gasteiger charge is 2.65. The van der Waals surface area contributed by atoms with Crippen molar-refractivity contribution in [2.24, 2.45) is 0 Å². The van der Waals surface area contributed by atoms with Gasteiger partial charge in [0.1, 0.15) is 35.4 Å². The second-order valence-corrected chi connectivity index (χ2v) is 11.1. The van der Waals surface area contributed by atoms with Crippen molar-refractivity contribution in [3.8, 4) is 0 Å². The largest absolute Gasteiger partial charge is 0.457 e. The first-order valence-electron chi connectivity index (χ1n) is 10.4. The summed E-state index contributed by atoms with van der Waals surface area (Å²) >= 11 is 1.48. The number of aryl methyl sites for hydroxylation is 1. The van der Waals surface area contributed by atoms with Crippen LogP contribution < -0.4 is 0 Å². The number of nitrogens with zero attached hydrogens (tertiary/aromatic N) is 5. The number of likely N-dealkylation sites (N-methyl/N-ethyl adjacent to an activating group) is 1. The molecule has 3 heterocycles. The third-order valence-electron chi connectivity index (χ3n) is 5.14. The standard InChI is InChI=1S/C20H31N5O5S/c1-8-9-24-10-12(21-22-24)11-29-17(27)14-20(5,6)31-16-13(15(26)25(14)16)23(7)18(28)30-19(2,3)4/h10,13-14,16H,8-9,11H2,1-7H3/t13-,14+,16-/m1/s1. The summed E-state index contributed by atoms with van der Waals surface area (Å²) in [5.74, 6) is -0.774. The molecule has 0 unspecified atom stereocenters. The van der Waals surface area contributed by atoms with Gasteiger partial charge in [-0.3, -0.25) is 14.4 Å². The van der Waals surface area contributed by atoms with Gasteiger partial charge in [0, 0.05) is 18.3 Å². The molecular formula is C20H31N5O5S. The van der Waals surface area contributed by atoms with Crippen molar-refractivity contribution in [1.29, 1.82) is 0 Å². The number of carbonyl (C=O) groups excluding carboxylic acids is 3. The van der Waals surface area contributed by atoms with Crippen LogP contribution in [0.1, 0.15) is 53.7 Å². The summed E-state index contributed by atoms with van der Waals surface area (Å²) in [6.45, 7) is 11.9. The van der Waals surface area contributed by atoms with Gasteiger partial charge in [0.05, 0.1) is 6.20 Å². The number of hydrogen-bond donors (Lipinski definition) is 0. The number of fused-ring (bicyclic) bond motifs is 1. The van der Waals surface area contributed by atoms with E-state index in [4.69, 9.17) is 9.47 Å². The fourth-order valence-corrected chi connectivity index (χ4v) is 5.47. The maximum atomic E-state index is 12.9. The van der Waals surface area contributed by atoms with Crippen LogP contribution in [0.15, 0.2) is 6.20 Å². The highest BCUT2D eigenvalue weighted by atomic mass is 32.2. The summed E-state index contributed by atoms with van der Waals surface area (Å²) in [5, 5.41) is 7.67. The predicted molar refractivity (Wildman–Crippen MR) is 114 cm³/mol. The molecule has 0 spiro atoms. The van der Waals surface area contributed by atoms with E-state index in [2.05, 4.69) is 10.3 Å². The van der Waals surface area contributed by atoms with Gasteiger partial charge in [-0.25, -0.2) is 9.59 Å². The summed E-state index contributed by atoms with van der Waals surface area (Å²) in [4.78, 5) is 41.1. The Morgan fingerprint density at radius 3 is 2.61 bits per heavy atom. The minimum absolute atomic E-state index is 0.00622. The molecule has 31 heavy (non-hydrogen) atoms. The molecule has 2 aliphatic heterocycles. The van der Waals surface area contributed by atoms with Gasteiger partial charge in [0.2, 0.25) is 5.91 Å². The predicted octanol–water partition coefficient (Wildman–Crippen LogP) is 2.03. The van der Waals surface area contributed by atoms with E-state index in [1.807, 2.05) is 20.8 Å². The minimum Gasteiger partial charge on any atom is -0.457 e. The van der Waals surface area contributed by atoms with Gasteiger partial charge < -0.3 is 14.4 Å². The summed E-state index contributed by atoms with van der Waals surface area (Å²) in [5.41, 5.74) is -0.107. The molecule has 11 heteroatoms. The topological polar surface area (TPSA) is 107 Å². The van der Waals surface area contributed by atoms with Crippen molar-refractivity contribution in [2.75, 3.05) is 7.05 Å². The first kappa shape index (κ1) is 23.4. The molecule has 1 aromatic heterocycles. The number of rotatable bonds is 6. The number of carbonyl (C=O) groups is 3. The zero-order valence-electron chi connectivity index (χ0n) is 19.1. The van der Waals surface area contributed by atoms with Crippen LogP contribution >= 0.6 is 11.8 Å². The maximum absolute atomic E-state index is 12.9. The molecule has 0 aliphatic carbocycles. The molecule has 2 aliphatic rings. The van der Waals surface area contributed by atoms with Gasteiger partial charge in [-0.1, -0.05) is 12.1 Å². The van der Waals surface area contributed by atoms with Gasteiger partial charge in [-0.2, -0.15) is 0 Å². The second-order valence-electron chi connectivity index (χ2n) is 9.38. The number of aromatic nitrogens is 3. The van der Waals surface area contributed by atoms with Crippen LogP contribution in [0.4, 0.5) is 4.79 Å². The molecule has 3 atom stereocenters. The lowest BCUT2D eigenvalue weighted by Gasteiger charge is -2.47. The molecule has 10 nitrogen and oxygen atoms in total. The molecule has 0 radical (unpaired) electrons. The van der Waals surface area contributed by atoms with Crippen molar-refractivity contribution < 1.29 is 23.9 Å². The number of ether oxygens (including phenoxy) is 2. The van der Waals surface area contributed by atoms with E-state index in [0.29, 0.717) is 5.69 Å². The number of thioether (sulfide) groups is 1. The van der Waals surface area contributed by atoms with Gasteiger partial charge in [-0.05, 0) is 41.0 Å². The quantitative estimate of drug-likeness (QED) is 0.476. The average Bonchev–Trinajstić information content (AvgIpc) is 3.18. The van der Waals surface area contributed by atoms with E-state index in [0.717, 1.165) is 13.0 Å². The highest BCUT2D eigenvalue weighted by Crippen LogP contribution is 2.52. The van der Waals surface area contributed by atoms with E-state index in [1.165, 1.54) is 21.6 Å². The summed E-state index contributed by atoms with van der Waals surface area (Å²) in [6.07, 6.45) is 2.10. The third kappa shape index (κ3) is 4.65. The average molecular weight is 454 g/mol. The van der Waals surface area contributed by atoms with E-state index >= 15 is 0 Å². The Hall–Kier alpha value is -2.30. The van der Waals surface area contributed by atoms with Crippen LogP contribution in [-0.2, 0) is 32.2 Å². The van der Waals surface area contributed by atoms with Crippen molar-refractivity contribution in [3.63, 3.8) is 0 Å². The fraction of sp³-hybridized carbons (Fsp3) is 0.750. The lowest BCUT2D eigenvalue weighted by molar-refractivity contribution is -0.167. The molecule has 2 saturated heterocycles. The summed E-state index contributed by atoms with van der Waals surface area (Å²) in [6, 6.07) is -1.42. The summed E-state index contributed by atoms with van der Waals surface area (Å²) in [7, 11) is 1.55. The van der Waals surface area contributed by atoms with Crippen molar-refractivity contribution >= 4 is 29.7 Å². The Morgan fingerprint density at radius 1 is 1.32 bits per heavy atom. The van der Waals surface area contributed by atoms with Gasteiger partial charge >= 0.3 is 12.1 Å². The highest BCUT2D eigenvalue weighted by molar-refractivity contribution is 8.01. The molecular weight excluding hydrogens is 422 g/mol. The van der Waals surface area contributed by atoms with E-state index < -0.39 is 34.5 Å². The molecule has 172 valence electrons. The number of hydrogen-bond acceptors (Lipinski definition) is 8. The van der Waals surface area contributed by atoms with Crippen LogP contribution in [0.5, 0.6) is 0 Å². The molecule has 1 aromatic rings. The molecule has 0 saturated carbocycles. The number of β-lactam (4-membered cyclic amide) rings is 1. The lowest BCUT2D eigenvalue weighted by atomic mass is 9.95. The number of esters is 1. The van der Waals surface area contributed by atoms with Gasteiger partial charge in [-0.15, -0.1) is 16.9 Å². The SMILES string of the molecule is CCCn1cc(COC(=O)[C@@H]2N3C(=O)[C@@H](N(C)C(=O)OC(C)(C)C)[C@H]3SC2(C)C)nn1. The Balaban J connectivity index is 1.66. The Bertz CT molecular complexity index is 864.